The van der Waals surface area contributed by atoms with Gasteiger partial charge in [0.1, 0.15) is 11.3 Å². The number of aromatic nitrogens is 3. The van der Waals surface area contributed by atoms with Gasteiger partial charge in [-0.15, -0.1) is 0 Å². The average Bonchev–Trinajstić information content (AvgIpc) is 2.50. The Labute approximate surface area is 143 Å². The molecule has 2 heterocycles. The van der Waals surface area contributed by atoms with Crippen LogP contribution in [0.1, 0.15) is 58.4 Å². The van der Waals surface area contributed by atoms with Crippen LogP contribution in [0, 0.1) is 6.92 Å². The summed E-state index contributed by atoms with van der Waals surface area (Å²) in [5.41, 5.74) is 8.10. The number of aryl methyl sites for hydroxylation is 1. The maximum Gasteiger partial charge on any atom is 0.222 e. The summed E-state index contributed by atoms with van der Waals surface area (Å²) in [4.78, 5) is 24.5. The van der Waals surface area contributed by atoms with Gasteiger partial charge in [0.15, 0.2) is 5.82 Å². The number of rotatable bonds is 8. The SMILES string of the molecule is CCCC[C@@](C)(CCC(C)=O)Nc1nc(N)nc2cc(C)cnc12. The molecule has 0 spiro atoms. The number of Topliss-reactive ketones (excluding diaryl/α,β-unsaturated/α-hetero) is 1. The molecule has 0 amide bonds. The van der Waals surface area contributed by atoms with Crippen molar-refractivity contribution in [3.63, 3.8) is 0 Å². The zero-order chi connectivity index (χ0) is 17.7. The lowest BCUT2D eigenvalue weighted by molar-refractivity contribution is -0.117. The molecule has 3 N–H and O–H groups in total. The van der Waals surface area contributed by atoms with Gasteiger partial charge in [0.2, 0.25) is 5.95 Å². The summed E-state index contributed by atoms with van der Waals surface area (Å²) >= 11 is 0. The molecule has 130 valence electrons. The largest absolute Gasteiger partial charge is 0.368 e. The highest BCUT2D eigenvalue weighted by molar-refractivity contribution is 5.86. The molecule has 0 aromatic carbocycles. The molecule has 0 bridgehead atoms. The second-order valence-corrected chi connectivity index (χ2v) is 6.80. The molecule has 2 rings (SSSR count). The fraction of sp³-hybridized carbons (Fsp3) is 0.556. The van der Waals surface area contributed by atoms with Crippen molar-refractivity contribution >= 4 is 28.6 Å². The van der Waals surface area contributed by atoms with Gasteiger partial charge in [0.05, 0.1) is 5.52 Å². The predicted octanol–water partition coefficient (Wildman–Crippen LogP) is 3.65. The molecular formula is C18H27N5O. The molecule has 1 atom stereocenters. The Morgan fingerprint density at radius 2 is 2.08 bits per heavy atom. The Kier molecular flexibility index (Phi) is 5.70. The normalized spacial score (nSPS) is 13.7. The molecule has 2 aromatic heterocycles. The third-order valence-electron chi connectivity index (χ3n) is 4.22. The Bertz CT molecular complexity index is 725. The summed E-state index contributed by atoms with van der Waals surface area (Å²) < 4.78 is 0. The molecule has 24 heavy (non-hydrogen) atoms. The van der Waals surface area contributed by atoms with Crippen molar-refractivity contribution < 1.29 is 4.79 Å². The number of carbonyl (C=O) groups excluding carboxylic acids is 1. The molecular weight excluding hydrogens is 302 g/mol. The van der Waals surface area contributed by atoms with Gasteiger partial charge in [-0.25, -0.2) is 4.98 Å². The van der Waals surface area contributed by atoms with Crippen molar-refractivity contribution in [2.24, 2.45) is 0 Å². The third kappa shape index (κ3) is 4.63. The molecule has 0 aliphatic heterocycles. The Morgan fingerprint density at radius 3 is 2.75 bits per heavy atom. The lowest BCUT2D eigenvalue weighted by atomic mass is 9.89. The van der Waals surface area contributed by atoms with E-state index in [1.54, 1.807) is 13.1 Å². The number of nitrogens with zero attached hydrogens (tertiary/aromatic N) is 3. The van der Waals surface area contributed by atoms with Crippen LogP contribution in [0.4, 0.5) is 11.8 Å². The number of nitrogen functional groups attached to an aromatic ring is 1. The Balaban J connectivity index is 2.37. The number of anilines is 2. The topological polar surface area (TPSA) is 93.8 Å². The molecule has 0 fully saturated rings. The number of carbonyl (C=O) groups is 1. The molecule has 0 radical (unpaired) electrons. The molecule has 6 nitrogen and oxygen atoms in total. The van der Waals surface area contributed by atoms with Gasteiger partial charge in [-0.2, -0.15) is 4.98 Å². The van der Waals surface area contributed by atoms with Gasteiger partial charge in [-0.3, -0.25) is 4.98 Å². The van der Waals surface area contributed by atoms with Crippen LogP contribution in [0.5, 0.6) is 0 Å². The van der Waals surface area contributed by atoms with Crippen LogP contribution in [-0.2, 0) is 4.79 Å². The zero-order valence-corrected chi connectivity index (χ0v) is 15.0. The summed E-state index contributed by atoms with van der Waals surface area (Å²) in [6.45, 7) is 7.89. The van der Waals surface area contributed by atoms with E-state index in [1.165, 1.54) is 0 Å². The molecule has 0 aliphatic rings. The minimum Gasteiger partial charge on any atom is -0.368 e. The van der Waals surface area contributed by atoms with Crippen LogP contribution in [0.3, 0.4) is 0 Å². The number of hydrogen-bond acceptors (Lipinski definition) is 6. The van der Waals surface area contributed by atoms with E-state index in [2.05, 4.69) is 34.1 Å². The van der Waals surface area contributed by atoms with Gasteiger partial charge in [-0.05, 0) is 45.2 Å². The number of pyridine rings is 1. The first-order valence-corrected chi connectivity index (χ1v) is 8.50. The van der Waals surface area contributed by atoms with Crippen molar-refractivity contribution in [3.8, 4) is 0 Å². The van der Waals surface area contributed by atoms with Gasteiger partial charge in [0.25, 0.3) is 0 Å². The molecule has 0 saturated heterocycles. The van der Waals surface area contributed by atoms with Crippen molar-refractivity contribution in [2.75, 3.05) is 11.1 Å². The van der Waals surface area contributed by atoms with Gasteiger partial charge >= 0.3 is 0 Å². The first kappa shape index (κ1) is 18.1. The van der Waals surface area contributed by atoms with E-state index in [-0.39, 0.29) is 17.3 Å². The molecule has 0 unspecified atom stereocenters. The smallest absolute Gasteiger partial charge is 0.222 e. The van der Waals surface area contributed by atoms with Crippen LogP contribution in [0.25, 0.3) is 11.0 Å². The maximum absolute atomic E-state index is 11.4. The highest BCUT2D eigenvalue weighted by Gasteiger charge is 2.26. The van der Waals surface area contributed by atoms with E-state index >= 15 is 0 Å². The Hall–Kier alpha value is -2.24. The van der Waals surface area contributed by atoms with Gasteiger partial charge in [-0.1, -0.05) is 19.8 Å². The van der Waals surface area contributed by atoms with Crippen molar-refractivity contribution in [1.82, 2.24) is 15.0 Å². The number of fused-ring (bicyclic) bond motifs is 1. The molecule has 2 aromatic rings. The van der Waals surface area contributed by atoms with E-state index in [0.717, 1.165) is 36.8 Å². The van der Waals surface area contributed by atoms with E-state index in [1.807, 2.05) is 13.0 Å². The summed E-state index contributed by atoms with van der Waals surface area (Å²) in [7, 11) is 0. The molecule has 0 saturated carbocycles. The van der Waals surface area contributed by atoms with Crippen molar-refractivity contribution in [3.05, 3.63) is 17.8 Å². The zero-order valence-electron chi connectivity index (χ0n) is 15.0. The fourth-order valence-electron chi connectivity index (χ4n) is 2.78. The number of hydrogen-bond donors (Lipinski definition) is 2. The number of ketones is 1. The minimum atomic E-state index is -0.234. The van der Waals surface area contributed by atoms with E-state index in [9.17, 15) is 4.79 Å². The van der Waals surface area contributed by atoms with Crippen molar-refractivity contribution in [1.29, 1.82) is 0 Å². The fourth-order valence-corrected chi connectivity index (χ4v) is 2.78. The number of nitrogens with one attached hydrogen (secondary N) is 1. The lowest BCUT2D eigenvalue weighted by Gasteiger charge is -2.31. The second kappa shape index (κ2) is 7.55. The second-order valence-electron chi connectivity index (χ2n) is 6.80. The van der Waals surface area contributed by atoms with Crippen LogP contribution in [0.15, 0.2) is 12.3 Å². The quantitative estimate of drug-likeness (QED) is 0.768. The minimum absolute atomic E-state index is 0.195. The van der Waals surface area contributed by atoms with Gasteiger partial charge < -0.3 is 15.8 Å². The first-order chi connectivity index (χ1) is 11.3. The average molecular weight is 329 g/mol. The summed E-state index contributed by atoms with van der Waals surface area (Å²) in [6, 6.07) is 1.95. The van der Waals surface area contributed by atoms with E-state index in [0.29, 0.717) is 17.8 Å². The highest BCUT2D eigenvalue weighted by Crippen LogP contribution is 2.28. The van der Waals surface area contributed by atoms with Gasteiger partial charge in [0, 0.05) is 18.2 Å². The molecule has 6 heteroatoms. The number of unbranched alkanes of at least 4 members (excludes halogenated alkanes) is 1. The summed E-state index contributed by atoms with van der Waals surface area (Å²) in [6.07, 6.45) is 6.21. The lowest BCUT2D eigenvalue weighted by Crippen LogP contribution is -2.36. The van der Waals surface area contributed by atoms with Crippen molar-refractivity contribution in [2.45, 2.75) is 65.3 Å². The third-order valence-corrected chi connectivity index (χ3v) is 4.22. The van der Waals surface area contributed by atoms with Crippen LogP contribution in [0.2, 0.25) is 0 Å². The van der Waals surface area contributed by atoms with Crippen LogP contribution in [-0.4, -0.2) is 26.3 Å². The standard InChI is InChI=1S/C18H27N5O/c1-5-6-8-18(4,9-7-13(3)24)23-16-15-14(21-17(19)22-16)10-12(2)11-20-15/h10-11H,5-9H2,1-4H3,(H3,19,21,22,23)/t18-/m0/s1. The van der Waals surface area contributed by atoms with E-state index < -0.39 is 0 Å². The van der Waals surface area contributed by atoms with E-state index in [4.69, 9.17) is 5.73 Å². The summed E-state index contributed by atoms with van der Waals surface area (Å²) in [5, 5.41) is 3.50. The first-order valence-electron chi connectivity index (χ1n) is 8.50. The molecule has 0 aliphatic carbocycles. The predicted molar refractivity (Wildman–Crippen MR) is 98.0 cm³/mol. The van der Waals surface area contributed by atoms with Crippen LogP contribution < -0.4 is 11.1 Å². The highest BCUT2D eigenvalue weighted by atomic mass is 16.1. The monoisotopic (exact) mass is 329 g/mol. The number of nitrogens with two attached hydrogens (primary N) is 1. The maximum atomic E-state index is 11.4. The van der Waals surface area contributed by atoms with Crippen LogP contribution >= 0.6 is 0 Å². The Morgan fingerprint density at radius 1 is 1.33 bits per heavy atom. The summed E-state index contributed by atoms with van der Waals surface area (Å²) in [5.74, 6) is 1.06.